The van der Waals surface area contributed by atoms with Gasteiger partial charge >= 0.3 is 143 Å². The summed E-state index contributed by atoms with van der Waals surface area (Å²) in [4.78, 5) is 5.28. The third kappa shape index (κ3) is 11.9. The molecule has 126 valence electrons. The third-order valence-electron chi connectivity index (χ3n) is 4.72. The summed E-state index contributed by atoms with van der Waals surface area (Å²) in [5.41, 5.74) is 0. The van der Waals surface area contributed by atoms with E-state index in [4.69, 9.17) is 0 Å². The summed E-state index contributed by atoms with van der Waals surface area (Å²) in [6, 6.07) is 0. The Bertz CT molecular complexity index is 201. The number of hydrogen-bond donors (Lipinski definition) is 0. The second-order valence-corrected chi connectivity index (χ2v) is 17.0. The van der Waals surface area contributed by atoms with Gasteiger partial charge in [0.15, 0.2) is 0 Å². The van der Waals surface area contributed by atoms with Crippen LogP contribution in [-0.4, -0.2) is 70.5 Å². The van der Waals surface area contributed by atoms with Crippen LogP contribution in [0.5, 0.6) is 0 Å². The van der Waals surface area contributed by atoms with Gasteiger partial charge in [-0.2, -0.15) is 0 Å². The molecule has 0 heterocycles. The van der Waals surface area contributed by atoms with E-state index < -0.39 is 21.4 Å². The van der Waals surface area contributed by atoms with Gasteiger partial charge in [0.2, 0.25) is 0 Å². The summed E-state index contributed by atoms with van der Waals surface area (Å²) >= 11 is -1.16. The molecule has 0 aromatic heterocycles. The normalized spacial score (nSPS) is 11.6. The van der Waals surface area contributed by atoms with Gasteiger partial charge in [-0.1, -0.05) is 0 Å². The molecule has 0 saturated heterocycles. The zero-order chi connectivity index (χ0) is 15.9. The van der Waals surface area contributed by atoms with E-state index in [9.17, 15) is 0 Å². The Morgan fingerprint density at radius 2 is 1.10 bits per heavy atom. The van der Waals surface area contributed by atoms with E-state index in [-0.39, 0.29) is 0 Å². The second kappa shape index (κ2) is 15.7. The first-order chi connectivity index (χ1) is 10.2. The summed E-state index contributed by atoms with van der Waals surface area (Å²) in [5.74, 6) is 0. The van der Waals surface area contributed by atoms with Crippen LogP contribution in [0, 0.1) is 0 Å². The van der Waals surface area contributed by atoms with Crippen molar-refractivity contribution in [3.8, 4) is 0 Å². The van der Waals surface area contributed by atoms with Crippen LogP contribution in [-0.2, 0) is 0 Å². The van der Waals surface area contributed by atoms with Gasteiger partial charge in [-0.3, -0.25) is 0 Å². The van der Waals surface area contributed by atoms with E-state index in [1.54, 1.807) is 12.5 Å². The predicted molar refractivity (Wildman–Crippen MR) is 99.9 cm³/mol. The molecule has 2 nitrogen and oxygen atoms in total. The summed E-state index contributed by atoms with van der Waals surface area (Å²) in [6.07, 6.45) is 5.58. The van der Waals surface area contributed by atoms with Crippen LogP contribution >= 0.6 is 0 Å². The average molecular weight is 400 g/mol. The zero-order valence-electron chi connectivity index (χ0n) is 15.7. The van der Waals surface area contributed by atoms with Gasteiger partial charge in [-0.05, 0) is 0 Å². The Hall–Kier alpha value is 0.790. The van der Waals surface area contributed by atoms with Crippen molar-refractivity contribution in [1.29, 1.82) is 0 Å². The van der Waals surface area contributed by atoms with Crippen LogP contribution in [0.3, 0.4) is 0 Å². The van der Waals surface area contributed by atoms with Gasteiger partial charge in [0, 0.05) is 0 Å². The molecule has 0 spiro atoms. The monoisotopic (exact) mass is 400 g/mol. The molecule has 21 heavy (non-hydrogen) atoms. The fourth-order valence-electron chi connectivity index (χ4n) is 3.27. The fraction of sp³-hybridized carbons (Fsp3) is 1.00. The van der Waals surface area contributed by atoms with E-state index in [2.05, 4.69) is 44.4 Å². The van der Waals surface area contributed by atoms with Crippen LogP contribution in [0.15, 0.2) is 0 Å². The van der Waals surface area contributed by atoms with Gasteiger partial charge in [-0.25, -0.2) is 0 Å². The van der Waals surface area contributed by atoms with Crippen molar-refractivity contribution < 1.29 is 0 Å². The molecule has 3 heteroatoms. The Labute approximate surface area is 143 Å². The second-order valence-electron chi connectivity index (χ2n) is 6.43. The molecule has 0 aliphatic rings. The SMILES string of the molecule is CCCN(CCC)CC[CH2][In]([CH2]C)[CH2]CCN(CC)CC. The van der Waals surface area contributed by atoms with Gasteiger partial charge in [0.25, 0.3) is 0 Å². The van der Waals surface area contributed by atoms with Crippen molar-refractivity contribution in [2.45, 2.75) is 72.8 Å². The van der Waals surface area contributed by atoms with Crippen LogP contribution in [0.2, 0.25) is 12.5 Å². The summed E-state index contributed by atoms with van der Waals surface area (Å²) < 4.78 is 4.85. The molecular formula is C18H41InN2. The van der Waals surface area contributed by atoms with E-state index in [0.717, 1.165) is 0 Å². The number of rotatable bonds is 15. The molecule has 0 fully saturated rings. The molecule has 0 bridgehead atoms. The van der Waals surface area contributed by atoms with Gasteiger partial charge < -0.3 is 0 Å². The summed E-state index contributed by atoms with van der Waals surface area (Å²) in [5, 5.41) is 0. The van der Waals surface area contributed by atoms with E-state index in [1.807, 2.05) is 0 Å². The first-order valence-corrected chi connectivity index (χ1v) is 16.6. The van der Waals surface area contributed by atoms with Crippen molar-refractivity contribution >= 4 is 21.4 Å². The quantitative estimate of drug-likeness (QED) is 0.392. The van der Waals surface area contributed by atoms with Crippen molar-refractivity contribution in [3.05, 3.63) is 0 Å². The Morgan fingerprint density at radius 1 is 0.619 bits per heavy atom. The summed E-state index contributed by atoms with van der Waals surface area (Å²) in [6.45, 7) is 19.5. The average Bonchev–Trinajstić information content (AvgIpc) is 2.50. The molecule has 0 unspecified atom stereocenters. The fourth-order valence-corrected chi connectivity index (χ4v) is 10.8. The molecule has 0 radical (unpaired) electrons. The van der Waals surface area contributed by atoms with Crippen molar-refractivity contribution in [1.82, 2.24) is 9.80 Å². The molecule has 0 amide bonds. The standard InChI is InChI=1S/C9H20N.C7H16N.C2H5.In/c1-4-7-10(8-5-2)9-6-3;1-4-7-8(5-2)6-3;1-2;/h1,4-9H2,2-3H3;1,4-7H2,2-3H3;1H2,2H3;. The van der Waals surface area contributed by atoms with Crippen LogP contribution < -0.4 is 0 Å². The number of nitrogens with zero attached hydrogens (tertiary/aromatic N) is 2. The molecule has 0 aliphatic heterocycles. The Kier molecular flexibility index (Phi) is 16.3. The first-order valence-electron chi connectivity index (χ1n) is 9.66. The summed E-state index contributed by atoms with van der Waals surface area (Å²) in [7, 11) is 0. The Balaban J connectivity index is 3.82. The van der Waals surface area contributed by atoms with Crippen LogP contribution in [0.25, 0.3) is 0 Å². The van der Waals surface area contributed by atoms with Gasteiger partial charge in [-0.15, -0.1) is 0 Å². The molecular weight excluding hydrogens is 359 g/mol. The Morgan fingerprint density at radius 3 is 1.48 bits per heavy atom. The van der Waals surface area contributed by atoms with Gasteiger partial charge in [0.05, 0.1) is 0 Å². The predicted octanol–water partition coefficient (Wildman–Crippen LogP) is 4.75. The van der Waals surface area contributed by atoms with Crippen molar-refractivity contribution in [3.63, 3.8) is 0 Å². The van der Waals surface area contributed by atoms with Crippen molar-refractivity contribution in [2.75, 3.05) is 39.3 Å². The maximum absolute atomic E-state index is 2.69. The molecule has 0 aliphatic carbocycles. The zero-order valence-corrected chi connectivity index (χ0v) is 19.0. The van der Waals surface area contributed by atoms with Crippen LogP contribution in [0.4, 0.5) is 0 Å². The van der Waals surface area contributed by atoms with Crippen molar-refractivity contribution in [2.24, 2.45) is 0 Å². The number of hydrogen-bond acceptors (Lipinski definition) is 2. The first kappa shape index (κ1) is 21.8. The maximum atomic E-state index is 2.69. The topological polar surface area (TPSA) is 6.48 Å². The van der Waals surface area contributed by atoms with E-state index in [0.29, 0.717) is 0 Å². The molecule has 0 saturated carbocycles. The molecule has 0 rings (SSSR count). The minimum absolute atomic E-state index is 1.16. The van der Waals surface area contributed by atoms with E-state index in [1.165, 1.54) is 65.0 Å². The van der Waals surface area contributed by atoms with E-state index >= 15 is 0 Å². The molecule has 0 aromatic rings. The molecule has 0 N–H and O–H groups in total. The third-order valence-corrected chi connectivity index (χ3v) is 15.0. The minimum atomic E-state index is -1.16. The van der Waals surface area contributed by atoms with Gasteiger partial charge in [0.1, 0.15) is 0 Å². The molecule has 0 atom stereocenters. The molecule has 0 aromatic carbocycles. The van der Waals surface area contributed by atoms with Crippen LogP contribution in [0.1, 0.15) is 60.3 Å².